The second kappa shape index (κ2) is 82.5. The number of aliphatic hydroxyl groups excluding tert-OH is 1. The fourth-order valence-corrected chi connectivity index (χ4v) is 10.3. The summed E-state index contributed by atoms with van der Waals surface area (Å²) in [6, 6.07) is 0. The fraction of sp³-hybridized carbons (Fsp3) is 0.988. The summed E-state index contributed by atoms with van der Waals surface area (Å²) in [7, 11) is 1.00. The maximum absolute atomic E-state index is 10.2. The van der Waals surface area contributed by atoms with Gasteiger partial charge in [-0.1, -0.05) is 204 Å². The minimum Gasteiger partial charge on any atom is -0.400 e. The van der Waals surface area contributed by atoms with E-state index in [4.69, 9.17) is 57.6 Å². The number of ether oxygens (including phenoxy) is 10. The van der Waals surface area contributed by atoms with Crippen molar-refractivity contribution in [3.8, 4) is 0 Å². The van der Waals surface area contributed by atoms with Gasteiger partial charge in [0.1, 0.15) is 5.78 Å². The maximum atomic E-state index is 10.2. The Morgan fingerprint density at radius 2 is 0.825 bits per heavy atom. The second-order valence-electron chi connectivity index (χ2n) is 29.3. The van der Waals surface area contributed by atoms with Crippen molar-refractivity contribution in [3.05, 3.63) is 0 Å². The van der Waals surface area contributed by atoms with Crippen molar-refractivity contribution < 1.29 is 62.4 Å². The lowest BCUT2D eigenvalue weighted by atomic mass is 9.93. The van der Waals surface area contributed by atoms with Crippen molar-refractivity contribution in [3.63, 3.8) is 0 Å². The van der Waals surface area contributed by atoms with Crippen LogP contribution in [0.2, 0.25) is 0 Å². The van der Waals surface area contributed by atoms with Gasteiger partial charge in [-0.05, 0) is 188 Å². The first-order valence-electron chi connectivity index (χ1n) is 41.3. The monoisotopic (exact) mass is 1390 g/mol. The highest BCUT2D eigenvalue weighted by Crippen LogP contribution is 2.34. The van der Waals surface area contributed by atoms with E-state index in [1.807, 2.05) is 27.7 Å². The summed E-state index contributed by atoms with van der Waals surface area (Å²) in [4.78, 5) is 10.2. The van der Waals surface area contributed by atoms with Gasteiger partial charge in [0.25, 0.3) is 0 Å². The lowest BCUT2D eigenvalue weighted by Crippen LogP contribution is -2.31. The molecule has 0 aromatic rings. The summed E-state index contributed by atoms with van der Waals surface area (Å²) >= 11 is 0. The highest BCUT2D eigenvalue weighted by Gasteiger charge is 2.25. The van der Waals surface area contributed by atoms with Gasteiger partial charge in [0, 0.05) is 99.4 Å². The molecule has 97 heavy (non-hydrogen) atoms. The molecule has 3 aliphatic carbocycles. The van der Waals surface area contributed by atoms with Crippen LogP contribution in [-0.4, -0.2) is 158 Å². The highest BCUT2D eigenvalue weighted by atomic mass is 16.5. The van der Waals surface area contributed by atoms with Crippen molar-refractivity contribution in [2.24, 2.45) is 35.5 Å². The number of rotatable bonds is 26. The van der Waals surface area contributed by atoms with Crippen LogP contribution in [0, 0.1) is 35.5 Å². The third-order valence-electron chi connectivity index (χ3n) is 17.0. The maximum Gasteiger partial charge on any atom is 0.129 e. The molecule has 6 aliphatic heterocycles. The van der Waals surface area contributed by atoms with Crippen LogP contribution < -0.4 is 0 Å². The number of ketones is 1. The summed E-state index contributed by atoms with van der Waals surface area (Å²) in [6.07, 6.45) is 48.4. The Kier molecular flexibility index (Phi) is 89.1. The third-order valence-corrected chi connectivity index (χ3v) is 17.0. The first kappa shape index (κ1) is 105. The highest BCUT2D eigenvalue weighted by molar-refractivity contribution is 5.75. The molecule has 590 valence electrons. The fourth-order valence-electron chi connectivity index (χ4n) is 10.3. The number of carbonyl (C=O) groups excluding carboxylic acids is 1. The molecular weight excluding hydrogens is 1220 g/mol. The van der Waals surface area contributed by atoms with E-state index in [-0.39, 0.29) is 0 Å². The standard InChI is InChI=1S/C10H20O2.C8H16O2.C8H16.C7H14O2.C7H14.C6H12O2.3C6H12O.C6H14.C5H12.C4H10O.C4H8.CH4O/c1-4-11-7-10-5-8(2)12-9(3)6-10;1-2-9-7-8-3-5-10-6-4-8;1-2-3-4-5-8-6-7-8;1-2-9-7-4-3-5-8-6-7;1-2-3-4-7-5-6-7;1-2-8-6-3-4-7-5-6;1-6-2-4-7-5-3-6;1-2-6-4-3-5-7-6;1-3-4-5-6(2)7;1-3-5-6-4-2;1-3-5-4-2;1-4(2,3)5;1-4-2-3-4;1-2/h8-10H,4-7H2,1-3H3;8H,2-7H2,1H3;8H,2-7H2,1H3;7H,2-6H2,1H3;7H,2-6H2,1H3;6H,2-5H2,1H3;2*6H,2-5H2,1H3;3-5H2,1-2H3;3-6H2,1-2H3;3-5H2,1-2H3;5H,1-3H3;4H,2-3H2,1H3;2H,1H3. The zero-order valence-electron chi connectivity index (χ0n) is 69.1. The van der Waals surface area contributed by atoms with E-state index in [2.05, 4.69) is 83.1 Å². The number of unbranched alkanes of at least 4 members (excludes halogenated alkanes) is 9. The average molecular weight is 1390 g/mol. The molecule has 0 amide bonds. The quantitative estimate of drug-likeness (QED) is 0.0792. The molecule has 6 heterocycles. The van der Waals surface area contributed by atoms with Crippen LogP contribution in [0.25, 0.3) is 0 Å². The molecule has 9 rings (SSSR count). The summed E-state index contributed by atoms with van der Waals surface area (Å²) in [5, 5.41) is 15.5. The minimum atomic E-state index is -0.500. The zero-order chi connectivity index (χ0) is 73.9. The topological polar surface area (TPSA) is 150 Å². The van der Waals surface area contributed by atoms with Crippen LogP contribution >= 0.6 is 0 Å². The molecule has 6 saturated heterocycles. The molecule has 5 unspecified atom stereocenters. The molecule has 9 aliphatic rings. The Labute approximate surface area is 606 Å². The van der Waals surface area contributed by atoms with Crippen molar-refractivity contribution in [2.45, 2.75) is 399 Å². The Morgan fingerprint density at radius 1 is 0.423 bits per heavy atom. The predicted molar refractivity (Wildman–Crippen MR) is 417 cm³/mol. The zero-order valence-corrected chi connectivity index (χ0v) is 69.1. The molecule has 2 N–H and O–H groups in total. The van der Waals surface area contributed by atoms with Gasteiger partial charge in [-0.25, -0.2) is 0 Å². The van der Waals surface area contributed by atoms with Gasteiger partial charge in [0.2, 0.25) is 0 Å². The van der Waals surface area contributed by atoms with Crippen LogP contribution in [-0.2, 0) is 52.2 Å². The molecular formula is C84H176O13. The Bertz CT molecular complexity index is 1380. The number of carbonyl (C=O) groups is 1. The van der Waals surface area contributed by atoms with E-state index in [0.29, 0.717) is 42.2 Å². The van der Waals surface area contributed by atoms with Crippen molar-refractivity contribution in [1.29, 1.82) is 0 Å². The van der Waals surface area contributed by atoms with E-state index in [1.54, 1.807) is 27.7 Å². The molecule has 0 aromatic heterocycles. The number of Topliss-reactive ketones (excluding diaryl/α,β-unsaturated/α-hetero) is 1. The first-order valence-corrected chi connectivity index (χ1v) is 41.3. The molecule has 0 radical (unpaired) electrons. The van der Waals surface area contributed by atoms with Crippen molar-refractivity contribution >= 4 is 5.78 Å². The van der Waals surface area contributed by atoms with Gasteiger partial charge >= 0.3 is 0 Å². The van der Waals surface area contributed by atoms with E-state index >= 15 is 0 Å². The summed E-state index contributed by atoms with van der Waals surface area (Å²) in [5.74, 6) is 6.08. The first-order chi connectivity index (χ1) is 46.7. The van der Waals surface area contributed by atoms with Gasteiger partial charge in [-0.3, -0.25) is 0 Å². The summed E-state index contributed by atoms with van der Waals surface area (Å²) in [5.41, 5.74) is -0.500. The number of hydrogen-bond donors (Lipinski definition) is 2. The number of hydrogen-bond acceptors (Lipinski definition) is 13. The lowest BCUT2D eigenvalue weighted by Gasteiger charge is -2.31. The van der Waals surface area contributed by atoms with Crippen molar-refractivity contribution in [1.82, 2.24) is 0 Å². The van der Waals surface area contributed by atoms with Gasteiger partial charge < -0.3 is 62.4 Å². The average Bonchev–Trinajstić information content (AvgIpc) is 1.70. The van der Waals surface area contributed by atoms with Crippen LogP contribution in [0.5, 0.6) is 0 Å². The number of aliphatic hydroxyl groups is 2. The Morgan fingerprint density at radius 3 is 1.12 bits per heavy atom. The van der Waals surface area contributed by atoms with Gasteiger partial charge in [0.15, 0.2) is 0 Å². The smallest absolute Gasteiger partial charge is 0.129 e. The van der Waals surface area contributed by atoms with E-state index in [9.17, 15) is 4.79 Å². The van der Waals surface area contributed by atoms with E-state index < -0.39 is 5.60 Å². The van der Waals surface area contributed by atoms with E-state index in [0.717, 1.165) is 181 Å². The Hall–Kier alpha value is -0.810. The lowest BCUT2D eigenvalue weighted by molar-refractivity contribution is -0.117. The van der Waals surface area contributed by atoms with Gasteiger partial charge in [-0.2, -0.15) is 0 Å². The molecule has 3 saturated carbocycles. The molecule has 0 aromatic carbocycles. The van der Waals surface area contributed by atoms with E-state index in [1.165, 1.54) is 180 Å². The molecule has 0 spiro atoms. The van der Waals surface area contributed by atoms with Crippen molar-refractivity contribution in [2.75, 3.05) is 106 Å². The van der Waals surface area contributed by atoms with Gasteiger partial charge in [-0.15, -0.1) is 0 Å². The largest absolute Gasteiger partial charge is 0.400 e. The van der Waals surface area contributed by atoms with Crippen LogP contribution in [0.3, 0.4) is 0 Å². The second-order valence-corrected chi connectivity index (χ2v) is 29.3. The Balaban J connectivity index is -0.000000317. The molecule has 13 nitrogen and oxygen atoms in total. The summed E-state index contributed by atoms with van der Waals surface area (Å²) < 4.78 is 53.0. The van der Waals surface area contributed by atoms with Crippen LogP contribution in [0.1, 0.15) is 363 Å². The molecule has 5 atom stereocenters. The van der Waals surface area contributed by atoms with Crippen LogP contribution in [0.15, 0.2) is 0 Å². The summed E-state index contributed by atoms with van der Waals surface area (Å²) in [6.45, 7) is 54.9. The minimum absolute atomic E-state index is 0.307. The normalized spacial score (nSPS) is 22.3. The molecule has 0 bridgehead atoms. The predicted octanol–water partition coefficient (Wildman–Crippen LogP) is 22.6. The molecule has 9 fully saturated rings. The van der Waals surface area contributed by atoms with Crippen LogP contribution in [0.4, 0.5) is 0 Å². The SMILES string of the molecule is CC(C)(C)O.CC1CC1.CC1CCOCC1.CCC1CCCO1.CCCCC.CCCCC(C)=O.CCCCC1CC1.CCCCCC.CCCCCC1CC1.CCOC1CCCOC1.CCOC1CCOC1.CCOCC1CC(C)OC(C)C1.CCOCC1CCOCC1.CO. The molecule has 13 heteroatoms. The van der Waals surface area contributed by atoms with Gasteiger partial charge in [0.05, 0.1) is 49.3 Å². The third kappa shape index (κ3) is 97.3.